The number of nitrogens with one attached hydrogen (secondary N) is 2. The van der Waals surface area contributed by atoms with Crippen LogP contribution in [0.25, 0.3) is 0 Å². The molecule has 1 aromatic carbocycles. The van der Waals surface area contributed by atoms with Crippen LogP contribution in [-0.2, 0) is 6.42 Å². The fourth-order valence-corrected chi connectivity index (χ4v) is 2.08. The van der Waals surface area contributed by atoms with E-state index >= 15 is 0 Å². The van der Waals surface area contributed by atoms with E-state index in [1.807, 2.05) is 13.8 Å². The minimum absolute atomic E-state index is 0.246. The summed E-state index contributed by atoms with van der Waals surface area (Å²) in [7, 11) is 0. The van der Waals surface area contributed by atoms with Gasteiger partial charge >= 0.3 is 0 Å². The molecule has 0 aliphatic heterocycles. The van der Waals surface area contributed by atoms with Gasteiger partial charge in [0.05, 0.1) is 0 Å². The zero-order valence-electron chi connectivity index (χ0n) is 11.1. The zero-order chi connectivity index (χ0) is 13.8. The molecule has 2 N–H and O–H groups in total. The van der Waals surface area contributed by atoms with Crippen LogP contribution in [0.1, 0.15) is 27.3 Å². The summed E-state index contributed by atoms with van der Waals surface area (Å²) in [6, 6.07) is 7.77. The molecule has 1 aromatic heterocycles. The van der Waals surface area contributed by atoms with E-state index in [0.717, 1.165) is 17.8 Å². The third-order valence-electron chi connectivity index (χ3n) is 3.02. The van der Waals surface area contributed by atoms with E-state index in [1.165, 1.54) is 23.8 Å². The highest BCUT2D eigenvalue weighted by Gasteiger charge is 2.07. The first-order valence-corrected chi connectivity index (χ1v) is 6.25. The summed E-state index contributed by atoms with van der Waals surface area (Å²) in [5.74, 6) is -0.644. The number of aromatic amines is 1. The summed E-state index contributed by atoms with van der Waals surface area (Å²) in [6.45, 7) is 4.55. The fraction of sp³-hybridized carbons (Fsp3) is 0.267. The van der Waals surface area contributed by atoms with Gasteiger partial charge in [-0.05, 0) is 50.1 Å². The minimum Gasteiger partial charge on any atom is -0.362 e. The van der Waals surface area contributed by atoms with Crippen molar-refractivity contribution in [1.29, 1.82) is 0 Å². The number of aromatic nitrogens is 1. The molecule has 0 saturated carbocycles. The number of halogens is 1. The van der Waals surface area contributed by atoms with Gasteiger partial charge in [0, 0.05) is 23.5 Å². The Hall–Kier alpha value is -2.10. The topological polar surface area (TPSA) is 44.9 Å². The molecule has 2 rings (SSSR count). The summed E-state index contributed by atoms with van der Waals surface area (Å²) in [5.41, 5.74) is 3.78. The van der Waals surface area contributed by atoms with Crippen molar-refractivity contribution < 1.29 is 9.18 Å². The van der Waals surface area contributed by atoms with E-state index in [0.29, 0.717) is 12.1 Å². The molecule has 0 atom stereocenters. The number of amides is 1. The van der Waals surface area contributed by atoms with Gasteiger partial charge in [-0.25, -0.2) is 4.39 Å². The second kappa shape index (κ2) is 5.69. The van der Waals surface area contributed by atoms with Crippen LogP contribution in [-0.4, -0.2) is 17.4 Å². The summed E-state index contributed by atoms with van der Waals surface area (Å²) in [4.78, 5) is 15.0. The van der Waals surface area contributed by atoms with E-state index in [-0.39, 0.29) is 5.91 Å². The maximum Gasteiger partial charge on any atom is 0.251 e. The summed E-state index contributed by atoms with van der Waals surface area (Å²) >= 11 is 0. The summed E-state index contributed by atoms with van der Waals surface area (Å²) in [6.07, 6.45) is 0.761. The van der Waals surface area contributed by atoms with E-state index < -0.39 is 5.82 Å². The van der Waals surface area contributed by atoms with Gasteiger partial charge in [-0.3, -0.25) is 4.79 Å². The number of hydrogen-bond donors (Lipinski definition) is 2. The van der Waals surface area contributed by atoms with Gasteiger partial charge in [-0.2, -0.15) is 0 Å². The SMILES string of the molecule is Cc1cc(CCNC(=O)c2cccc(F)c2)c(C)[nH]1. The molecule has 1 heterocycles. The van der Waals surface area contributed by atoms with E-state index in [9.17, 15) is 9.18 Å². The highest BCUT2D eigenvalue weighted by molar-refractivity contribution is 5.94. The van der Waals surface area contributed by atoms with E-state index in [2.05, 4.69) is 16.4 Å². The molecule has 1 amide bonds. The Kier molecular flexibility index (Phi) is 4.00. The number of aryl methyl sites for hydroxylation is 2. The quantitative estimate of drug-likeness (QED) is 0.872. The van der Waals surface area contributed by atoms with Crippen LogP contribution in [0.4, 0.5) is 4.39 Å². The lowest BCUT2D eigenvalue weighted by atomic mass is 10.1. The largest absolute Gasteiger partial charge is 0.362 e. The van der Waals surface area contributed by atoms with Gasteiger partial charge in [0.2, 0.25) is 0 Å². The Morgan fingerprint density at radius 3 is 2.74 bits per heavy atom. The first kappa shape index (κ1) is 13.3. The van der Waals surface area contributed by atoms with Crippen LogP contribution in [0.2, 0.25) is 0 Å². The highest BCUT2D eigenvalue weighted by Crippen LogP contribution is 2.09. The lowest BCUT2D eigenvalue weighted by Crippen LogP contribution is -2.25. The van der Waals surface area contributed by atoms with Crippen molar-refractivity contribution in [2.45, 2.75) is 20.3 Å². The van der Waals surface area contributed by atoms with Crippen molar-refractivity contribution >= 4 is 5.91 Å². The lowest BCUT2D eigenvalue weighted by molar-refractivity contribution is 0.0953. The van der Waals surface area contributed by atoms with Crippen LogP contribution >= 0.6 is 0 Å². The summed E-state index contributed by atoms with van der Waals surface area (Å²) < 4.78 is 13.0. The lowest BCUT2D eigenvalue weighted by Gasteiger charge is -2.05. The Balaban J connectivity index is 1.89. The number of rotatable bonds is 4. The molecule has 0 aliphatic rings. The predicted octanol–water partition coefficient (Wildman–Crippen LogP) is 2.74. The molecule has 0 aliphatic carbocycles. The highest BCUT2D eigenvalue weighted by atomic mass is 19.1. The van der Waals surface area contributed by atoms with Gasteiger partial charge in [-0.1, -0.05) is 6.07 Å². The molecular weight excluding hydrogens is 243 g/mol. The van der Waals surface area contributed by atoms with Crippen LogP contribution < -0.4 is 5.32 Å². The molecule has 0 unspecified atom stereocenters. The monoisotopic (exact) mass is 260 g/mol. The number of H-pyrrole nitrogens is 1. The first-order chi connectivity index (χ1) is 9.06. The Morgan fingerprint density at radius 1 is 1.32 bits per heavy atom. The van der Waals surface area contributed by atoms with Crippen LogP contribution in [0.5, 0.6) is 0 Å². The van der Waals surface area contributed by atoms with Crippen molar-refractivity contribution in [2.75, 3.05) is 6.54 Å². The maximum absolute atomic E-state index is 13.0. The number of hydrogen-bond acceptors (Lipinski definition) is 1. The molecule has 0 saturated heterocycles. The van der Waals surface area contributed by atoms with Crippen molar-refractivity contribution in [3.05, 3.63) is 58.7 Å². The second-order valence-electron chi connectivity index (χ2n) is 4.62. The standard InChI is InChI=1S/C15H17FN2O/c1-10-8-12(11(2)18-10)6-7-17-15(19)13-4-3-5-14(16)9-13/h3-5,8-9,18H,6-7H2,1-2H3,(H,17,19). The van der Waals surface area contributed by atoms with Crippen molar-refractivity contribution in [1.82, 2.24) is 10.3 Å². The Morgan fingerprint density at radius 2 is 2.11 bits per heavy atom. The molecule has 0 bridgehead atoms. The Labute approximate surface area is 111 Å². The van der Waals surface area contributed by atoms with Gasteiger partial charge < -0.3 is 10.3 Å². The van der Waals surface area contributed by atoms with Gasteiger partial charge in [0.25, 0.3) is 5.91 Å². The zero-order valence-corrected chi connectivity index (χ0v) is 11.1. The predicted molar refractivity (Wildman–Crippen MR) is 72.7 cm³/mol. The Bertz CT molecular complexity index is 590. The smallest absolute Gasteiger partial charge is 0.251 e. The first-order valence-electron chi connectivity index (χ1n) is 6.25. The van der Waals surface area contributed by atoms with Crippen LogP contribution in [0.3, 0.4) is 0 Å². The minimum atomic E-state index is -0.398. The molecule has 19 heavy (non-hydrogen) atoms. The number of carbonyl (C=O) groups is 1. The third kappa shape index (κ3) is 3.44. The van der Waals surface area contributed by atoms with E-state index in [4.69, 9.17) is 0 Å². The van der Waals surface area contributed by atoms with Crippen molar-refractivity contribution in [3.8, 4) is 0 Å². The maximum atomic E-state index is 13.0. The fourth-order valence-electron chi connectivity index (χ4n) is 2.08. The molecule has 3 nitrogen and oxygen atoms in total. The number of carbonyl (C=O) groups excluding carboxylic acids is 1. The number of benzene rings is 1. The third-order valence-corrected chi connectivity index (χ3v) is 3.02. The normalized spacial score (nSPS) is 10.5. The van der Waals surface area contributed by atoms with Crippen molar-refractivity contribution in [2.24, 2.45) is 0 Å². The average Bonchev–Trinajstić information content (AvgIpc) is 2.68. The van der Waals surface area contributed by atoms with Gasteiger partial charge in [0.15, 0.2) is 0 Å². The molecule has 0 radical (unpaired) electrons. The molecule has 0 fully saturated rings. The van der Waals surface area contributed by atoms with Crippen molar-refractivity contribution in [3.63, 3.8) is 0 Å². The van der Waals surface area contributed by atoms with Crippen LogP contribution in [0, 0.1) is 19.7 Å². The second-order valence-corrected chi connectivity index (χ2v) is 4.62. The molecule has 2 aromatic rings. The van der Waals surface area contributed by atoms with Gasteiger partial charge in [0.1, 0.15) is 5.82 Å². The van der Waals surface area contributed by atoms with E-state index in [1.54, 1.807) is 6.07 Å². The molecular formula is C15H17FN2O. The molecule has 4 heteroatoms. The molecule has 100 valence electrons. The van der Waals surface area contributed by atoms with Gasteiger partial charge in [-0.15, -0.1) is 0 Å². The summed E-state index contributed by atoms with van der Waals surface area (Å²) in [5, 5.41) is 2.79. The van der Waals surface area contributed by atoms with Crippen LogP contribution in [0.15, 0.2) is 30.3 Å². The molecule has 0 spiro atoms. The average molecular weight is 260 g/mol.